The van der Waals surface area contributed by atoms with Gasteiger partial charge in [0, 0.05) is 17.6 Å². The van der Waals surface area contributed by atoms with E-state index in [9.17, 15) is 5.11 Å². The van der Waals surface area contributed by atoms with Gasteiger partial charge in [-0.1, -0.05) is 27.2 Å². The van der Waals surface area contributed by atoms with E-state index >= 15 is 0 Å². The van der Waals surface area contributed by atoms with Crippen molar-refractivity contribution in [3.8, 4) is 0 Å². The van der Waals surface area contributed by atoms with Crippen LogP contribution in [0.15, 0.2) is 0 Å². The number of hydrogen-bond donors (Lipinski definition) is 2. The molecule has 0 amide bonds. The lowest BCUT2D eigenvalue weighted by atomic mass is 9.84. The summed E-state index contributed by atoms with van der Waals surface area (Å²) in [4.78, 5) is 2.63. The van der Waals surface area contributed by atoms with Gasteiger partial charge >= 0.3 is 0 Å². The molecule has 0 aromatic carbocycles. The number of aliphatic hydroxyl groups is 1. The topological polar surface area (TPSA) is 35.5 Å². The Morgan fingerprint density at radius 1 is 1.32 bits per heavy atom. The first-order valence-corrected chi connectivity index (χ1v) is 8.24. The molecule has 0 saturated heterocycles. The normalized spacial score (nSPS) is 31.6. The molecule has 19 heavy (non-hydrogen) atoms. The standard InChI is InChI=1S/C16H32N2O/c1-4-18(15-7-8-15)11-9-14-6-5-10-16(14,12-19)17-13(2)3/h13-15,17,19H,4-12H2,1-3H3. The molecule has 2 aliphatic rings. The van der Waals surface area contributed by atoms with Crippen LogP contribution in [0.1, 0.15) is 59.3 Å². The van der Waals surface area contributed by atoms with Gasteiger partial charge in [-0.2, -0.15) is 0 Å². The van der Waals surface area contributed by atoms with Crippen molar-refractivity contribution in [3.05, 3.63) is 0 Å². The van der Waals surface area contributed by atoms with E-state index in [1.54, 1.807) is 0 Å². The molecule has 0 aliphatic heterocycles. The molecule has 2 aliphatic carbocycles. The van der Waals surface area contributed by atoms with Crippen molar-refractivity contribution in [1.82, 2.24) is 10.2 Å². The molecule has 2 atom stereocenters. The van der Waals surface area contributed by atoms with E-state index in [2.05, 4.69) is 31.0 Å². The second-order valence-electron chi connectivity index (χ2n) is 6.85. The first-order valence-electron chi connectivity index (χ1n) is 8.24. The van der Waals surface area contributed by atoms with Gasteiger partial charge in [-0.05, 0) is 51.1 Å². The van der Waals surface area contributed by atoms with Crippen LogP contribution in [0.25, 0.3) is 0 Å². The first kappa shape index (κ1) is 15.3. The maximum Gasteiger partial charge on any atom is 0.0616 e. The third-order valence-electron chi connectivity index (χ3n) is 5.05. The fourth-order valence-electron chi connectivity index (χ4n) is 3.94. The van der Waals surface area contributed by atoms with Gasteiger partial charge in [0.2, 0.25) is 0 Å². The van der Waals surface area contributed by atoms with Crippen LogP contribution in [0.5, 0.6) is 0 Å². The van der Waals surface area contributed by atoms with Crippen molar-refractivity contribution in [1.29, 1.82) is 0 Å². The van der Waals surface area contributed by atoms with E-state index in [1.807, 2.05) is 0 Å². The van der Waals surface area contributed by atoms with Crippen LogP contribution in [0.2, 0.25) is 0 Å². The third-order valence-corrected chi connectivity index (χ3v) is 5.05. The highest BCUT2D eigenvalue weighted by Crippen LogP contribution is 2.39. The molecule has 3 nitrogen and oxygen atoms in total. The van der Waals surface area contributed by atoms with Crippen LogP contribution in [0, 0.1) is 5.92 Å². The minimum absolute atomic E-state index is 0.00285. The van der Waals surface area contributed by atoms with Gasteiger partial charge in [-0.15, -0.1) is 0 Å². The molecule has 0 radical (unpaired) electrons. The summed E-state index contributed by atoms with van der Waals surface area (Å²) in [6, 6.07) is 1.33. The molecule has 2 unspecified atom stereocenters. The van der Waals surface area contributed by atoms with Gasteiger partial charge in [0.05, 0.1) is 6.61 Å². The molecule has 2 fully saturated rings. The molecule has 0 bridgehead atoms. The van der Waals surface area contributed by atoms with E-state index in [1.165, 1.54) is 45.2 Å². The lowest BCUT2D eigenvalue weighted by Crippen LogP contribution is -2.54. The quantitative estimate of drug-likeness (QED) is 0.709. The molecule has 2 N–H and O–H groups in total. The fraction of sp³-hybridized carbons (Fsp3) is 1.00. The second kappa shape index (κ2) is 6.55. The van der Waals surface area contributed by atoms with Crippen molar-refractivity contribution in [2.45, 2.75) is 76.9 Å². The summed E-state index contributed by atoms with van der Waals surface area (Å²) in [5.41, 5.74) is -0.00285. The molecule has 0 heterocycles. The molecule has 112 valence electrons. The molecule has 2 saturated carbocycles. The van der Waals surface area contributed by atoms with E-state index in [-0.39, 0.29) is 5.54 Å². The average molecular weight is 268 g/mol. The lowest BCUT2D eigenvalue weighted by Gasteiger charge is -2.38. The predicted octanol–water partition coefficient (Wildman–Crippen LogP) is 2.39. The number of nitrogens with zero attached hydrogens (tertiary/aromatic N) is 1. The largest absolute Gasteiger partial charge is 0.394 e. The highest BCUT2D eigenvalue weighted by Gasteiger charge is 2.42. The van der Waals surface area contributed by atoms with Gasteiger partial charge in [-0.25, -0.2) is 0 Å². The molecule has 0 spiro atoms. The molecular weight excluding hydrogens is 236 g/mol. The summed E-state index contributed by atoms with van der Waals surface area (Å²) in [6.45, 7) is 9.35. The zero-order valence-corrected chi connectivity index (χ0v) is 13.0. The Labute approximate surface area is 118 Å². The van der Waals surface area contributed by atoms with E-state index in [0.717, 1.165) is 12.5 Å². The number of rotatable bonds is 8. The first-order chi connectivity index (χ1) is 9.11. The van der Waals surface area contributed by atoms with Gasteiger partial charge < -0.3 is 15.3 Å². The summed E-state index contributed by atoms with van der Waals surface area (Å²) in [6.07, 6.45) is 7.72. The van der Waals surface area contributed by atoms with Gasteiger partial charge in [-0.3, -0.25) is 0 Å². The maximum absolute atomic E-state index is 9.90. The minimum Gasteiger partial charge on any atom is -0.394 e. The van der Waals surface area contributed by atoms with Crippen molar-refractivity contribution in [3.63, 3.8) is 0 Å². The van der Waals surface area contributed by atoms with Crippen molar-refractivity contribution in [2.75, 3.05) is 19.7 Å². The predicted molar refractivity (Wildman–Crippen MR) is 80.3 cm³/mol. The van der Waals surface area contributed by atoms with Crippen LogP contribution in [-0.2, 0) is 0 Å². The van der Waals surface area contributed by atoms with E-state index in [0.29, 0.717) is 18.6 Å². The Hall–Kier alpha value is -0.120. The van der Waals surface area contributed by atoms with Gasteiger partial charge in [0.1, 0.15) is 0 Å². The number of hydrogen-bond acceptors (Lipinski definition) is 3. The monoisotopic (exact) mass is 268 g/mol. The minimum atomic E-state index is -0.00285. The van der Waals surface area contributed by atoms with E-state index < -0.39 is 0 Å². The van der Waals surface area contributed by atoms with Crippen molar-refractivity contribution < 1.29 is 5.11 Å². The maximum atomic E-state index is 9.90. The molecule has 0 aromatic heterocycles. The third kappa shape index (κ3) is 3.71. The van der Waals surface area contributed by atoms with Crippen LogP contribution >= 0.6 is 0 Å². The number of nitrogens with one attached hydrogen (secondary N) is 1. The van der Waals surface area contributed by atoms with Gasteiger partial charge in [0.25, 0.3) is 0 Å². The molecule has 2 rings (SSSR count). The fourth-order valence-corrected chi connectivity index (χ4v) is 3.94. The van der Waals surface area contributed by atoms with Crippen LogP contribution in [-0.4, -0.2) is 47.3 Å². The summed E-state index contributed by atoms with van der Waals surface area (Å²) in [5.74, 6) is 0.646. The zero-order chi connectivity index (χ0) is 13.9. The highest BCUT2D eigenvalue weighted by atomic mass is 16.3. The summed E-state index contributed by atoms with van der Waals surface area (Å²) >= 11 is 0. The Morgan fingerprint density at radius 2 is 2.05 bits per heavy atom. The SMILES string of the molecule is CCN(CCC1CCCC1(CO)NC(C)C)C1CC1. The van der Waals surface area contributed by atoms with E-state index in [4.69, 9.17) is 0 Å². The Kier molecular flexibility index (Phi) is 5.27. The van der Waals surface area contributed by atoms with Crippen molar-refractivity contribution >= 4 is 0 Å². The smallest absolute Gasteiger partial charge is 0.0616 e. The Morgan fingerprint density at radius 3 is 2.58 bits per heavy atom. The lowest BCUT2D eigenvalue weighted by molar-refractivity contribution is 0.103. The number of aliphatic hydroxyl groups excluding tert-OH is 1. The summed E-state index contributed by atoms with van der Waals surface area (Å²) < 4.78 is 0. The zero-order valence-electron chi connectivity index (χ0n) is 13.0. The summed E-state index contributed by atoms with van der Waals surface area (Å²) in [7, 11) is 0. The Bertz CT molecular complexity index is 278. The molecular formula is C16H32N2O. The Balaban J connectivity index is 1.89. The molecule has 3 heteroatoms. The summed E-state index contributed by atoms with van der Waals surface area (Å²) in [5, 5.41) is 13.6. The van der Waals surface area contributed by atoms with Gasteiger partial charge in [0.15, 0.2) is 0 Å². The van der Waals surface area contributed by atoms with Crippen molar-refractivity contribution in [2.24, 2.45) is 5.92 Å². The average Bonchev–Trinajstić information content (AvgIpc) is 3.13. The van der Waals surface area contributed by atoms with Crippen LogP contribution < -0.4 is 5.32 Å². The highest BCUT2D eigenvalue weighted by molar-refractivity contribution is 5.00. The second-order valence-corrected chi connectivity index (χ2v) is 6.85. The van der Waals surface area contributed by atoms with Crippen LogP contribution in [0.3, 0.4) is 0 Å². The molecule has 0 aromatic rings. The van der Waals surface area contributed by atoms with Crippen LogP contribution in [0.4, 0.5) is 0 Å².